The number of hydrogen-bond acceptors (Lipinski definition) is 3. The van der Waals surface area contributed by atoms with Crippen molar-refractivity contribution in [3.63, 3.8) is 0 Å². The molecule has 0 saturated carbocycles. The zero-order valence-corrected chi connectivity index (χ0v) is 17.8. The highest BCUT2D eigenvalue weighted by Gasteiger charge is 2.42. The zero-order valence-electron chi connectivity index (χ0n) is 15.4. The lowest BCUT2D eigenvalue weighted by Crippen LogP contribution is -2.35. The summed E-state index contributed by atoms with van der Waals surface area (Å²) in [7, 11) is 0. The molecule has 28 heavy (non-hydrogen) atoms. The minimum Gasteiger partial charge on any atom is -0.459 e. The van der Waals surface area contributed by atoms with Gasteiger partial charge in [-0.15, -0.1) is 0 Å². The van der Waals surface area contributed by atoms with E-state index in [0.29, 0.717) is 15.3 Å². The van der Waals surface area contributed by atoms with Crippen LogP contribution in [0.3, 0.4) is 0 Å². The molecule has 2 atom stereocenters. The van der Waals surface area contributed by atoms with Gasteiger partial charge in [-0.05, 0) is 84.5 Å². The van der Waals surface area contributed by atoms with E-state index in [9.17, 15) is 4.39 Å². The second kappa shape index (κ2) is 7.64. The molecular weight excluding hydrogens is 441 g/mol. The van der Waals surface area contributed by atoms with Crippen molar-refractivity contribution in [3.8, 4) is 11.3 Å². The number of nitrogens with one attached hydrogen (secondary N) is 1. The molecule has 1 aromatic carbocycles. The molecular formula is C21H19BrFN3OS. The third-order valence-corrected chi connectivity index (χ3v) is 5.79. The molecule has 1 aliphatic rings. The van der Waals surface area contributed by atoms with Crippen molar-refractivity contribution in [3.05, 3.63) is 76.5 Å². The Morgan fingerprint density at radius 2 is 2.04 bits per heavy atom. The molecule has 0 amide bonds. The summed E-state index contributed by atoms with van der Waals surface area (Å²) in [6.45, 7) is 4.20. The highest BCUT2D eigenvalue weighted by atomic mass is 79.9. The minimum absolute atomic E-state index is 0.119. The summed E-state index contributed by atoms with van der Waals surface area (Å²) in [5, 5.41) is 4.07. The van der Waals surface area contributed by atoms with Crippen molar-refractivity contribution in [2.75, 3.05) is 0 Å². The van der Waals surface area contributed by atoms with E-state index in [-0.39, 0.29) is 23.9 Å². The van der Waals surface area contributed by atoms with Crippen LogP contribution in [0.4, 0.5) is 4.39 Å². The molecule has 2 aromatic heterocycles. The lowest BCUT2D eigenvalue weighted by molar-refractivity contribution is 0.237. The Labute approximate surface area is 176 Å². The van der Waals surface area contributed by atoms with Crippen molar-refractivity contribution in [2.24, 2.45) is 0 Å². The van der Waals surface area contributed by atoms with Gasteiger partial charge < -0.3 is 14.6 Å². The van der Waals surface area contributed by atoms with Gasteiger partial charge >= 0.3 is 0 Å². The summed E-state index contributed by atoms with van der Waals surface area (Å²) < 4.78 is 20.3. The fourth-order valence-electron chi connectivity index (χ4n) is 3.57. The molecule has 3 aromatic rings. The van der Waals surface area contributed by atoms with Gasteiger partial charge in [0, 0.05) is 22.3 Å². The molecule has 144 valence electrons. The van der Waals surface area contributed by atoms with Gasteiger partial charge in [-0.25, -0.2) is 4.39 Å². The second-order valence-corrected chi connectivity index (χ2v) is 8.19. The Kier molecular flexibility index (Phi) is 5.21. The molecule has 4 nitrogen and oxygen atoms in total. The Hall–Kier alpha value is -2.25. The van der Waals surface area contributed by atoms with Crippen molar-refractivity contribution in [1.82, 2.24) is 15.2 Å². The van der Waals surface area contributed by atoms with Crippen LogP contribution in [-0.4, -0.2) is 21.0 Å². The summed E-state index contributed by atoms with van der Waals surface area (Å²) in [4.78, 5) is 6.65. The topological polar surface area (TPSA) is 41.3 Å². The Bertz CT molecular complexity index is 1010. The predicted octanol–water partition coefficient (Wildman–Crippen LogP) is 5.62. The summed E-state index contributed by atoms with van der Waals surface area (Å²) >= 11 is 9.02. The van der Waals surface area contributed by atoms with Crippen LogP contribution in [0, 0.1) is 5.82 Å². The lowest BCUT2D eigenvalue weighted by Gasteiger charge is -2.29. The van der Waals surface area contributed by atoms with Crippen LogP contribution in [0.2, 0.25) is 0 Å². The van der Waals surface area contributed by atoms with Gasteiger partial charge in [0.1, 0.15) is 23.4 Å². The van der Waals surface area contributed by atoms with E-state index < -0.39 is 0 Å². The van der Waals surface area contributed by atoms with E-state index >= 15 is 0 Å². The number of aromatic nitrogens is 1. The predicted molar refractivity (Wildman–Crippen MR) is 114 cm³/mol. The summed E-state index contributed by atoms with van der Waals surface area (Å²) in [5.41, 5.74) is 1.70. The Balaban J connectivity index is 1.76. The number of rotatable bonds is 4. The number of nitrogens with zero attached hydrogens (tertiary/aromatic N) is 2. The highest BCUT2D eigenvalue weighted by molar-refractivity contribution is 9.10. The zero-order chi connectivity index (χ0) is 19.8. The van der Waals surface area contributed by atoms with Gasteiger partial charge in [-0.1, -0.05) is 6.07 Å². The van der Waals surface area contributed by atoms with Crippen molar-refractivity contribution in [2.45, 2.75) is 32.0 Å². The van der Waals surface area contributed by atoms with Crippen molar-refractivity contribution in [1.29, 1.82) is 0 Å². The molecule has 1 aliphatic heterocycles. The molecule has 3 heterocycles. The highest BCUT2D eigenvalue weighted by Crippen LogP contribution is 2.42. The minimum atomic E-state index is -0.297. The molecule has 7 heteroatoms. The lowest BCUT2D eigenvalue weighted by atomic mass is 10.0. The third kappa shape index (κ3) is 3.44. The van der Waals surface area contributed by atoms with E-state index in [2.05, 4.69) is 45.0 Å². The smallest absolute Gasteiger partial charge is 0.170 e. The second-order valence-electron chi connectivity index (χ2n) is 6.95. The molecule has 1 saturated heterocycles. The van der Waals surface area contributed by atoms with Crippen molar-refractivity contribution < 1.29 is 8.81 Å². The van der Waals surface area contributed by atoms with E-state index in [1.54, 1.807) is 12.3 Å². The van der Waals surface area contributed by atoms with Gasteiger partial charge in [0.25, 0.3) is 0 Å². The number of thiocarbonyl (C=S) groups is 1. The van der Waals surface area contributed by atoms with Gasteiger partial charge in [0.2, 0.25) is 0 Å². The fraction of sp³-hybridized carbons (Fsp3) is 0.238. The Morgan fingerprint density at radius 1 is 1.21 bits per heavy atom. The largest absolute Gasteiger partial charge is 0.459 e. The van der Waals surface area contributed by atoms with Gasteiger partial charge in [0.05, 0.1) is 11.7 Å². The monoisotopic (exact) mass is 459 g/mol. The van der Waals surface area contributed by atoms with Crippen LogP contribution in [0.5, 0.6) is 0 Å². The van der Waals surface area contributed by atoms with E-state index in [1.165, 1.54) is 12.1 Å². The maximum Gasteiger partial charge on any atom is 0.170 e. The fourth-order valence-corrected chi connectivity index (χ4v) is 4.57. The number of furan rings is 1. The maximum absolute atomic E-state index is 13.4. The number of hydrogen-bond donors (Lipinski definition) is 1. The summed E-state index contributed by atoms with van der Waals surface area (Å²) in [6, 6.07) is 14.2. The van der Waals surface area contributed by atoms with E-state index in [1.807, 2.05) is 30.3 Å². The Morgan fingerprint density at radius 3 is 2.71 bits per heavy atom. The van der Waals surface area contributed by atoms with Crippen LogP contribution in [-0.2, 0) is 0 Å². The third-order valence-electron chi connectivity index (χ3n) is 4.81. The standard InChI is InChI=1S/C21H19BrFN3OS/c1-12(2)26-20(19(25-21(26)28)16-5-3-4-10-24-16)18-9-8-17(27-18)14-7-6-13(23)11-15(14)22/h3-12,19-20H,1-2H3,(H,25,28). The van der Waals surface area contributed by atoms with Gasteiger partial charge in [-0.2, -0.15) is 0 Å². The molecule has 1 fully saturated rings. The molecule has 0 spiro atoms. The SMILES string of the molecule is CC(C)N1C(=S)NC(c2ccccn2)C1c1ccc(-c2ccc(F)cc2Br)o1. The first-order chi connectivity index (χ1) is 13.5. The molecule has 1 N–H and O–H groups in total. The van der Waals surface area contributed by atoms with Crippen molar-refractivity contribution >= 4 is 33.3 Å². The van der Waals surface area contributed by atoms with Crippen LogP contribution < -0.4 is 5.32 Å². The van der Waals surface area contributed by atoms with E-state index in [0.717, 1.165) is 17.0 Å². The summed E-state index contributed by atoms with van der Waals surface area (Å²) in [5.74, 6) is 1.15. The molecule has 0 radical (unpaired) electrons. The first-order valence-electron chi connectivity index (χ1n) is 9.00. The van der Waals surface area contributed by atoms with Gasteiger partial charge in [-0.3, -0.25) is 4.98 Å². The first kappa shape index (κ1) is 19.1. The summed E-state index contributed by atoms with van der Waals surface area (Å²) in [6.07, 6.45) is 1.78. The normalized spacial score (nSPS) is 19.3. The molecule has 0 aliphatic carbocycles. The maximum atomic E-state index is 13.4. The molecule has 0 bridgehead atoms. The molecule has 2 unspecified atom stereocenters. The average Bonchev–Trinajstić information content (AvgIpc) is 3.26. The quantitative estimate of drug-likeness (QED) is 0.512. The van der Waals surface area contributed by atoms with Crippen LogP contribution >= 0.6 is 28.1 Å². The van der Waals surface area contributed by atoms with E-state index in [4.69, 9.17) is 16.6 Å². The average molecular weight is 460 g/mol. The molecule has 4 rings (SSSR count). The van der Waals surface area contributed by atoms with Gasteiger partial charge in [0.15, 0.2) is 5.11 Å². The van der Waals surface area contributed by atoms with Crippen LogP contribution in [0.25, 0.3) is 11.3 Å². The van der Waals surface area contributed by atoms with Crippen LogP contribution in [0.1, 0.15) is 37.4 Å². The number of benzene rings is 1. The number of halogens is 2. The number of pyridine rings is 1. The van der Waals surface area contributed by atoms with Crippen LogP contribution in [0.15, 0.2) is 63.6 Å². The first-order valence-corrected chi connectivity index (χ1v) is 10.2.